The number of nitrogens with zero attached hydrogens (tertiary/aromatic N) is 4. The molecule has 1 N–H and O–H groups in total. The molecule has 2 heterocycles. The van der Waals surface area contributed by atoms with Gasteiger partial charge >= 0.3 is 0 Å². The molecule has 0 aromatic heterocycles. The summed E-state index contributed by atoms with van der Waals surface area (Å²) in [5.74, 6) is -2.60. The SMILES string of the molecule is COc1ccccc1C1C2(C)OC(=N)C1(C#N)C(C#N)(C#N)C(c1ccc(C#N)cc1)O2. The summed E-state index contributed by atoms with van der Waals surface area (Å²) in [6.45, 7) is 1.59. The molecule has 156 valence electrons. The summed E-state index contributed by atoms with van der Waals surface area (Å²) < 4.78 is 17.6. The summed E-state index contributed by atoms with van der Waals surface area (Å²) >= 11 is 0. The zero-order valence-electron chi connectivity index (χ0n) is 17.3. The molecule has 2 fully saturated rings. The molecule has 4 atom stereocenters. The van der Waals surface area contributed by atoms with E-state index >= 15 is 0 Å². The van der Waals surface area contributed by atoms with Crippen molar-refractivity contribution in [1.82, 2.24) is 0 Å². The van der Waals surface area contributed by atoms with E-state index in [9.17, 15) is 15.8 Å². The predicted octanol–water partition coefficient (Wildman–Crippen LogP) is 3.69. The van der Waals surface area contributed by atoms with Crippen LogP contribution in [0.4, 0.5) is 0 Å². The first-order valence-corrected chi connectivity index (χ1v) is 9.70. The third-order valence-electron chi connectivity index (χ3n) is 6.31. The molecule has 0 saturated carbocycles. The number of nitrogens with one attached hydrogen (secondary N) is 1. The van der Waals surface area contributed by atoms with Crippen molar-refractivity contribution in [3.05, 3.63) is 65.2 Å². The Hall–Kier alpha value is -4.37. The van der Waals surface area contributed by atoms with Crippen LogP contribution in [0.3, 0.4) is 0 Å². The molecule has 2 bridgehead atoms. The van der Waals surface area contributed by atoms with Crippen molar-refractivity contribution in [3.63, 3.8) is 0 Å². The number of hydrogen-bond donors (Lipinski definition) is 1. The Morgan fingerprint density at radius 3 is 2.19 bits per heavy atom. The highest BCUT2D eigenvalue weighted by Gasteiger charge is 2.80. The molecule has 0 spiro atoms. The molecule has 32 heavy (non-hydrogen) atoms. The lowest BCUT2D eigenvalue weighted by Crippen LogP contribution is -2.57. The second kappa shape index (κ2) is 7.10. The quantitative estimate of drug-likeness (QED) is 0.791. The van der Waals surface area contributed by atoms with E-state index in [1.807, 2.05) is 18.2 Å². The summed E-state index contributed by atoms with van der Waals surface area (Å²) in [5, 5.41) is 48.9. The van der Waals surface area contributed by atoms with E-state index in [4.69, 9.17) is 24.9 Å². The third-order valence-corrected chi connectivity index (χ3v) is 6.31. The van der Waals surface area contributed by atoms with Gasteiger partial charge in [0.2, 0.25) is 17.1 Å². The number of fused-ring (bicyclic) bond motifs is 2. The lowest BCUT2D eigenvalue weighted by Gasteiger charge is -2.49. The number of hydrogen-bond acceptors (Lipinski definition) is 8. The maximum atomic E-state index is 10.5. The fourth-order valence-electron chi connectivity index (χ4n) is 4.89. The van der Waals surface area contributed by atoms with E-state index < -0.39 is 34.5 Å². The highest BCUT2D eigenvalue weighted by molar-refractivity contribution is 5.90. The summed E-state index contributed by atoms with van der Waals surface area (Å²) in [4.78, 5) is 0. The van der Waals surface area contributed by atoms with Gasteiger partial charge < -0.3 is 14.2 Å². The van der Waals surface area contributed by atoms with Crippen molar-refractivity contribution in [3.8, 4) is 30.0 Å². The average Bonchev–Trinajstić information content (AvgIpc) is 3.01. The van der Waals surface area contributed by atoms with E-state index in [0.717, 1.165) is 0 Å². The van der Waals surface area contributed by atoms with E-state index in [1.54, 1.807) is 55.5 Å². The first-order valence-electron chi connectivity index (χ1n) is 9.70. The number of ether oxygens (including phenoxy) is 3. The molecule has 4 rings (SSSR count). The van der Waals surface area contributed by atoms with Crippen molar-refractivity contribution in [1.29, 1.82) is 26.5 Å². The predicted molar refractivity (Wildman–Crippen MR) is 110 cm³/mol. The Morgan fingerprint density at radius 2 is 1.62 bits per heavy atom. The van der Waals surface area contributed by atoms with E-state index in [0.29, 0.717) is 22.4 Å². The molecule has 8 heteroatoms. The van der Waals surface area contributed by atoms with Gasteiger partial charge in [-0.2, -0.15) is 21.0 Å². The Labute approximate surface area is 184 Å². The number of methoxy groups -OCH3 is 1. The highest BCUT2D eigenvalue weighted by Crippen LogP contribution is 2.70. The number of rotatable bonds is 3. The first kappa shape index (κ1) is 20.9. The van der Waals surface area contributed by atoms with Gasteiger partial charge in [0.05, 0.1) is 42.9 Å². The van der Waals surface area contributed by atoms with Gasteiger partial charge in [-0.25, -0.2) is 0 Å². The van der Waals surface area contributed by atoms with Crippen LogP contribution in [0, 0.1) is 61.6 Å². The van der Waals surface area contributed by atoms with Gasteiger partial charge in [0.1, 0.15) is 11.9 Å². The maximum absolute atomic E-state index is 10.5. The molecule has 2 saturated heterocycles. The van der Waals surface area contributed by atoms with Gasteiger partial charge in [-0.3, -0.25) is 5.41 Å². The van der Waals surface area contributed by atoms with Gasteiger partial charge in [-0.1, -0.05) is 30.3 Å². The molecule has 2 aliphatic rings. The largest absolute Gasteiger partial charge is 0.496 e. The Kier molecular flexibility index (Phi) is 4.64. The van der Waals surface area contributed by atoms with Crippen molar-refractivity contribution in [2.24, 2.45) is 10.8 Å². The minimum absolute atomic E-state index is 0.393. The topological polar surface area (TPSA) is 147 Å². The monoisotopic (exact) mass is 423 g/mol. The van der Waals surface area contributed by atoms with E-state index in [2.05, 4.69) is 6.07 Å². The maximum Gasteiger partial charge on any atom is 0.219 e. The van der Waals surface area contributed by atoms with Crippen molar-refractivity contribution >= 4 is 5.90 Å². The lowest BCUT2D eigenvalue weighted by molar-refractivity contribution is -0.253. The zero-order chi connectivity index (χ0) is 23.1. The fourth-order valence-corrected chi connectivity index (χ4v) is 4.89. The molecule has 0 aliphatic carbocycles. The molecule has 2 aromatic carbocycles. The number of benzene rings is 2. The van der Waals surface area contributed by atoms with Crippen LogP contribution in [0.1, 0.15) is 35.6 Å². The first-order chi connectivity index (χ1) is 15.4. The highest BCUT2D eigenvalue weighted by atomic mass is 16.7. The van der Waals surface area contributed by atoms with Crippen LogP contribution in [0.2, 0.25) is 0 Å². The Morgan fingerprint density at radius 1 is 0.969 bits per heavy atom. The summed E-state index contributed by atoms with van der Waals surface area (Å²) in [5.41, 5.74) is -2.78. The van der Waals surface area contributed by atoms with Gasteiger partial charge in [0.25, 0.3) is 0 Å². The minimum Gasteiger partial charge on any atom is -0.496 e. The Balaban J connectivity index is 2.03. The average molecular weight is 423 g/mol. The van der Waals surface area contributed by atoms with Crippen molar-refractivity contribution in [2.45, 2.75) is 24.7 Å². The second-order valence-corrected chi connectivity index (χ2v) is 7.81. The van der Waals surface area contributed by atoms with Gasteiger partial charge in [-0.05, 0) is 23.8 Å². The number of nitriles is 4. The normalized spacial score (nSPS) is 29.5. The lowest BCUT2D eigenvalue weighted by atomic mass is 9.52. The Bertz CT molecular complexity index is 1260. The molecule has 2 aliphatic heterocycles. The van der Waals surface area contributed by atoms with Gasteiger partial charge in [0.15, 0.2) is 5.41 Å². The van der Waals surface area contributed by atoms with E-state index in [-0.39, 0.29) is 0 Å². The van der Waals surface area contributed by atoms with Crippen LogP contribution in [0.25, 0.3) is 0 Å². The van der Waals surface area contributed by atoms with Crippen molar-refractivity contribution < 1.29 is 14.2 Å². The third kappa shape index (κ3) is 2.39. The zero-order valence-corrected chi connectivity index (χ0v) is 17.3. The van der Waals surface area contributed by atoms with Crippen LogP contribution in [0.5, 0.6) is 5.75 Å². The van der Waals surface area contributed by atoms with Gasteiger partial charge in [-0.15, -0.1) is 0 Å². The van der Waals surface area contributed by atoms with Crippen LogP contribution < -0.4 is 4.74 Å². The second-order valence-electron chi connectivity index (χ2n) is 7.81. The molecule has 0 radical (unpaired) electrons. The van der Waals surface area contributed by atoms with Gasteiger partial charge in [0, 0.05) is 12.5 Å². The molecule has 0 amide bonds. The molecule has 2 aromatic rings. The van der Waals surface area contributed by atoms with Crippen LogP contribution >= 0.6 is 0 Å². The van der Waals surface area contributed by atoms with Crippen molar-refractivity contribution in [2.75, 3.05) is 7.11 Å². The fraction of sp³-hybridized carbons (Fsp3) is 0.292. The van der Waals surface area contributed by atoms with Crippen LogP contribution in [-0.2, 0) is 9.47 Å². The standard InChI is InChI=1S/C24H17N5O3/c1-22-19(17-5-3-4-6-18(17)30-2)24(14-28,21(29)32-22)23(12-26,13-27)20(31-22)16-9-7-15(11-25)8-10-16/h3-10,19-20,29H,1-2H3. The summed E-state index contributed by atoms with van der Waals surface area (Å²) in [7, 11) is 1.47. The minimum atomic E-state index is -2.12. The summed E-state index contributed by atoms with van der Waals surface area (Å²) in [6.07, 6.45) is -1.20. The van der Waals surface area contributed by atoms with E-state index in [1.165, 1.54) is 7.11 Å². The molecular formula is C24H17N5O3. The van der Waals surface area contributed by atoms with Crippen LogP contribution in [-0.4, -0.2) is 18.8 Å². The molecule has 8 nitrogen and oxygen atoms in total. The smallest absolute Gasteiger partial charge is 0.219 e. The number of para-hydroxylation sites is 1. The summed E-state index contributed by atoms with van der Waals surface area (Å²) in [6, 6.07) is 21.3. The van der Waals surface area contributed by atoms with Crippen LogP contribution in [0.15, 0.2) is 48.5 Å². The molecule has 4 unspecified atom stereocenters. The molecular weight excluding hydrogens is 406 g/mol.